The fourth-order valence-electron chi connectivity index (χ4n) is 1.29. The predicted molar refractivity (Wildman–Crippen MR) is 47.3 cm³/mol. The molecule has 62 valence electrons. The van der Waals surface area contributed by atoms with Gasteiger partial charge in [-0.05, 0) is 29.1 Å². The molecule has 0 spiro atoms. The standard InChI is InChI=1S/C9H10N2O/c10-12-6-7-1-2-9-8(5-7)3-4-11-9/h1-5,11H,6,10H2. The van der Waals surface area contributed by atoms with Crippen LogP contribution < -0.4 is 5.90 Å². The molecule has 0 aliphatic carbocycles. The molecule has 1 aromatic heterocycles. The van der Waals surface area contributed by atoms with Crippen LogP contribution in [-0.4, -0.2) is 4.98 Å². The monoisotopic (exact) mass is 162 g/mol. The van der Waals surface area contributed by atoms with Crippen molar-refractivity contribution in [2.45, 2.75) is 6.61 Å². The van der Waals surface area contributed by atoms with Crippen LogP contribution in [0.4, 0.5) is 0 Å². The van der Waals surface area contributed by atoms with E-state index in [1.54, 1.807) is 0 Å². The van der Waals surface area contributed by atoms with Gasteiger partial charge in [-0.2, -0.15) is 0 Å². The minimum Gasteiger partial charge on any atom is -0.361 e. The molecule has 0 unspecified atom stereocenters. The quantitative estimate of drug-likeness (QED) is 0.658. The van der Waals surface area contributed by atoms with Crippen molar-refractivity contribution < 1.29 is 4.84 Å². The molecule has 0 aliphatic rings. The van der Waals surface area contributed by atoms with E-state index in [1.165, 1.54) is 5.39 Å². The minimum atomic E-state index is 0.459. The second-order valence-corrected chi connectivity index (χ2v) is 2.71. The molecule has 1 aromatic carbocycles. The number of fused-ring (bicyclic) bond motifs is 1. The van der Waals surface area contributed by atoms with Gasteiger partial charge in [-0.15, -0.1) is 0 Å². The summed E-state index contributed by atoms with van der Waals surface area (Å²) in [7, 11) is 0. The summed E-state index contributed by atoms with van der Waals surface area (Å²) < 4.78 is 0. The topological polar surface area (TPSA) is 51.0 Å². The first-order chi connectivity index (χ1) is 5.90. The number of benzene rings is 1. The number of hydrogen-bond acceptors (Lipinski definition) is 2. The Morgan fingerprint density at radius 3 is 3.08 bits per heavy atom. The van der Waals surface area contributed by atoms with Gasteiger partial charge in [0.15, 0.2) is 0 Å². The van der Waals surface area contributed by atoms with Crippen molar-refractivity contribution in [1.82, 2.24) is 4.98 Å². The Kier molecular flexibility index (Phi) is 1.81. The molecule has 0 amide bonds. The summed E-state index contributed by atoms with van der Waals surface area (Å²) in [5.74, 6) is 4.97. The Morgan fingerprint density at radius 1 is 1.33 bits per heavy atom. The summed E-state index contributed by atoms with van der Waals surface area (Å²) in [6, 6.07) is 8.09. The van der Waals surface area contributed by atoms with E-state index in [1.807, 2.05) is 24.4 Å². The third-order valence-electron chi connectivity index (χ3n) is 1.87. The molecule has 3 N–H and O–H groups in total. The molecular weight excluding hydrogens is 152 g/mol. The molecule has 2 aromatic rings. The average Bonchev–Trinajstić information content (AvgIpc) is 2.51. The molecule has 0 aliphatic heterocycles. The van der Waals surface area contributed by atoms with Crippen LogP contribution in [0.5, 0.6) is 0 Å². The zero-order valence-electron chi connectivity index (χ0n) is 6.58. The van der Waals surface area contributed by atoms with Crippen molar-refractivity contribution >= 4 is 10.9 Å². The predicted octanol–water partition coefficient (Wildman–Crippen LogP) is 1.56. The molecule has 3 nitrogen and oxygen atoms in total. The second-order valence-electron chi connectivity index (χ2n) is 2.71. The van der Waals surface area contributed by atoms with E-state index in [0.717, 1.165) is 11.1 Å². The Bertz CT molecular complexity index is 381. The fourth-order valence-corrected chi connectivity index (χ4v) is 1.29. The first-order valence-corrected chi connectivity index (χ1v) is 3.78. The maximum atomic E-state index is 4.97. The first kappa shape index (κ1) is 7.34. The number of aromatic amines is 1. The van der Waals surface area contributed by atoms with Crippen LogP contribution in [0, 0.1) is 0 Å². The Balaban J connectivity index is 2.46. The maximum Gasteiger partial charge on any atom is 0.0930 e. The summed E-state index contributed by atoms with van der Waals surface area (Å²) in [6.07, 6.45) is 1.91. The van der Waals surface area contributed by atoms with Gasteiger partial charge in [-0.25, -0.2) is 5.90 Å². The lowest BCUT2D eigenvalue weighted by Gasteiger charge is -1.97. The molecular formula is C9H10N2O. The highest BCUT2D eigenvalue weighted by molar-refractivity contribution is 5.79. The fraction of sp³-hybridized carbons (Fsp3) is 0.111. The normalized spacial score (nSPS) is 10.8. The second kappa shape index (κ2) is 2.97. The van der Waals surface area contributed by atoms with E-state index in [-0.39, 0.29) is 0 Å². The first-order valence-electron chi connectivity index (χ1n) is 3.78. The SMILES string of the molecule is NOCc1ccc2[nH]ccc2c1. The minimum absolute atomic E-state index is 0.459. The third kappa shape index (κ3) is 1.20. The van der Waals surface area contributed by atoms with E-state index in [0.29, 0.717) is 6.61 Å². The van der Waals surface area contributed by atoms with Gasteiger partial charge in [-0.1, -0.05) is 6.07 Å². The van der Waals surface area contributed by atoms with Gasteiger partial charge in [-0.3, -0.25) is 4.84 Å². The Morgan fingerprint density at radius 2 is 2.25 bits per heavy atom. The van der Waals surface area contributed by atoms with Crippen LogP contribution in [0.25, 0.3) is 10.9 Å². The zero-order valence-corrected chi connectivity index (χ0v) is 6.58. The molecule has 2 rings (SSSR count). The third-order valence-corrected chi connectivity index (χ3v) is 1.87. The van der Waals surface area contributed by atoms with Crippen molar-refractivity contribution in [2.75, 3.05) is 0 Å². The summed E-state index contributed by atoms with van der Waals surface area (Å²) in [6.45, 7) is 0.459. The summed E-state index contributed by atoms with van der Waals surface area (Å²) >= 11 is 0. The molecule has 0 saturated heterocycles. The summed E-state index contributed by atoms with van der Waals surface area (Å²) in [5.41, 5.74) is 2.22. The van der Waals surface area contributed by atoms with Gasteiger partial charge in [0.1, 0.15) is 0 Å². The maximum absolute atomic E-state index is 4.97. The molecule has 3 heteroatoms. The number of aromatic nitrogens is 1. The van der Waals surface area contributed by atoms with Crippen molar-refractivity contribution in [2.24, 2.45) is 5.90 Å². The smallest absolute Gasteiger partial charge is 0.0930 e. The van der Waals surface area contributed by atoms with Gasteiger partial charge in [0.25, 0.3) is 0 Å². The van der Waals surface area contributed by atoms with Crippen molar-refractivity contribution in [3.8, 4) is 0 Å². The molecule has 0 atom stereocenters. The van der Waals surface area contributed by atoms with E-state index in [9.17, 15) is 0 Å². The van der Waals surface area contributed by atoms with Crippen molar-refractivity contribution in [1.29, 1.82) is 0 Å². The van der Waals surface area contributed by atoms with Gasteiger partial charge < -0.3 is 4.98 Å². The molecule has 1 heterocycles. The molecule has 0 bridgehead atoms. The lowest BCUT2D eigenvalue weighted by atomic mass is 10.2. The summed E-state index contributed by atoms with van der Waals surface area (Å²) in [5, 5.41) is 1.18. The molecule has 0 radical (unpaired) electrons. The van der Waals surface area contributed by atoms with Gasteiger partial charge >= 0.3 is 0 Å². The number of H-pyrrole nitrogens is 1. The number of hydrogen-bond donors (Lipinski definition) is 2. The number of nitrogens with two attached hydrogens (primary N) is 1. The average molecular weight is 162 g/mol. The van der Waals surface area contributed by atoms with Gasteiger partial charge in [0.2, 0.25) is 0 Å². The molecule has 0 fully saturated rings. The van der Waals surface area contributed by atoms with Gasteiger partial charge in [0.05, 0.1) is 6.61 Å². The van der Waals surface area contributed by atoms with Gasteiger partial charge in [0, 0.05) is 11.7 Å². The van der Waals surface area contributed by atoms with Crippen LogP contribution in [0.2, 0.25) is 0 Å². The highest BCUT2D eigenvalue weighted by atomic mass is 16.6. The summed E-state index contributed by atoms with van der Waals surface area (Å²) in [4.78, 5) is 7.66. The van der Waals surface area contributed by atoms with E-state index >= 15 is 0 Å². The van der Waals surface area contributed by atoms with Crippen LogP contribution in [0.3, 0.4) is 0 Å². The Hall–Kier alpha value is -1.32. The van der Waals surface area contributed by atoms with Crippen LogP contribution in [0.15, 0.2) is 30.5 Å². The largest absolute Gasteiger partial charge is 0.361 e. The van der Waals surface area contributed by atoms with Crippen LogP contribution in [-0.2, 0) is 11.4 Å². The van der Waals surface area contributed by atoms with Crippen LogP contribution in [0.1, 0.15) is 5.56 Å². The lowest BCUT2D eigenvalue weighted by molar-refractivity contribution is 0.124. The van der Waals surface area contributed by atoms with Crippen LogP contribution >= 0.6 is 0 Å². The van der Waals surface area contributed by atoms with E-state index in [2.05, 4.69) is 15.9 Å². The zero-order chi connectivity index (χ0) is 8.39. The molecule has 0 saturated carbocycles. The van der Waals surface area contributed by atoms with E-state index in [4.69, 9.17) is 5.90 Å². The Labute approximate surface area is 70.1 Å². The highest BCUT2D eigenvalue weighted by Gasteiger charge is 1.95. The van der Waals surface area contributed by atoms with E-state index < -0.39 is 0 Å². The number of nitrogens with one attached hydrogen (secondary N) is 1. The molecule has 12 heavy (non-hydrogen) atoms. The van der Waals surface area contributed by atoms with Crippen molar-refractivity contribution in [3.05, 3.63) is 36.0 Å². The van der Waals surface area contributed by atoms with Crippen molar-refractivity contribution in [3.63, 3.8) is 0 Å². The highest BCUT2D eigenvalue weighted by Crippen LogP contribution is 2.14. The lowest BCUT2D eigenvalue weighted by Crippen LogP contribution is -1.98. The number of rotatable bonds is 2.